The Balaban J connectivity index is 1.33. The summed E-state index contributed by atoms with van der Waals surface area (Å²) in [6.07, 6.45) is 0. The van der Waals surface area contributed by atoms with E-state index in [9.17, 15) is 0 Å². The Morgan fingerprint density at radius 3 is 2.12 bits per heavy atom. The van der Waals surface area contributed by atoms with Gasteiger partial charge in [-0.15, -0.1) is 11.3 Å². The summed E-state index contributed by atoms with van der Waals surface area (Å²) in [4.78, 5) is 14.0. The maximum Gasteiger partial charge on any atom is 0.130 e. The molecule has 32 heavy (non-hydrogen) atoms. The molecule has 0 spiro atoms. The number of hydrogen-bond donors (Lipinski definition) is 1. The van der Waals surface area contributed by atoms with Crippen LogP contribution >= 0.6 is 11.3 Å². The molecule has 3 aromatic carbocycles. The SMILES string of the molecule is Cc1nc(NCc2cccc(-c3nc(-c4ccccc4)cs3)c2)cc(-c2ccccc2)n1. The topological polar surface area (TPSA) is 50.7 Å². The molecule has 0 atom stereocenters. The molecule has 5 aromatic rings. The number of rotatable bonds is 6. The van der Waals surface area contributed by atoms with Crippen molar-refractivity contribution in [2.24, 2.45) is 0 Å². The molecule has 0 bridgehead atoms. The summed E-state index contributed by atoms with van der Waals surface area (Å²) in [7, 11) is 0. The first-order valence-corrected chi connectivity index (χ1v) is 11.4. The first-order valence-electron chi connectivity index (χ1n) is 10.5. The predicted molar refractivity (Wildman–Crippen MR) is 133 cm³/mol. The van der Waals surface area contributed by atoms with Gasteiger partial charge < -0.3 is 5.32 Å². The van der Waals surface area contributed by atoms with Gasteiger partial charge in [0.1, 0.15) is 16.6 Å². The highest BCUT2D eigenvalue weighted by Crippen LogP contribution is 2.29. The molecule has 0 fully saturated rings. The molecule has 1 N–H and O–H groups in total. The molecule has 0 radical (unpaired) electrons. The van der Waals surface area contributed by atoms with Crippen LogP contribution in [-0.4, -0.2) is 15.0 Å². The van der Waals surface area contributed by atoms with E-state index in [0.717, 1.165) is 44.7 Å². The molecule has 0 saturated carbocycles. The molecule has 0 saturated heterocycles. The second kappa shape index (κ2) is 9.12. The second-order valence-electron chi connectivity index (χ2n) is 7.51. The van der Waals surface area contributed by atoms with Gasteiger partial charge in [-0.05, 0) is 18.6 Å². The molecule has 5 rings (SSSR count). The summed E-state index contributed by atoms with van der Waals surface area (Å²) < 4.78 is 0. The van der Waals surface area contributed by atoms with Crippen molar-refractivity contribution in [3.63, 3.8) is 0 Å². The molecular formula is C27H22N4S. The molecule has 0 aliphatic rings. The molecule has 5 heteroatoms. The Morgan fingerprint density at radius 2 is 1.38 bits per heavy atom. The average molecular weight is 435 g/mol. The number of nitrogens with one attached hydrogen (secondary N) is 1. The third-order valence-electron chi connectivity index (χ3n) is 5.13. The van der Waals surface area contributed by atoms with Gasteiger partial charge in [-0.1, -0.05) is 78.9 Å². The number of nitrogens with zero attached hydrogens (tertiary/aromatic N) is 3. The maximum atomic E-state index is 4.84. The summed E-state index contributed by atoms with van der Waals surface area (Å²) >= 11 is 1.67. The van der Waals surface area contributed by atoms with E-state index in [4.69, 9.17) is 4.98 Å². The fraction of sp³-hybridized carbons (Fsp3) is 0.0741. The lowest BCUT2D eigenvalue weighted by atomic mass is 10.1. The van der Waals surface area contributed by atoms with Crippen LogP contribution < -0.4 is 5.32 Å². The van der Waals surface area contributed by atoms with E-state index in [1.54, 1.807) is 11.3 Å². The van der Waals surface area contributed by atoms with Gasteiger partial charge in [0.05, 0.1) is 11.4 Å². The summed E-state index contributed by atoms with van der Waals surface area (Å²) in [5.74, 6) is 1.57. The van der Waals surface area contributed by atoms with Gasteiger partial charge in [0.2, 0.25) is 0 Å². The number of aryl methyl sites for hydroxylation is 1. The average Bonchev–Trinajstić information content (AvgIpc) is 3.34. The van der Waals surface area contributed by atoms with Crippen LogP contribution in [0, 0.1) is 6.92 Å². The third kappa shape index (κ3) is 4.58. The molecule has 0 aliphatic carbocycles. The first kappa shape index (κ1) is 20.1. The summed E-state index contributed by atoms with van der Waals surface area (Å²) in [5, 5.41) is 6.59. The van der Waals surface area contributed by atoms with Gasteiger partial charge >= 0.3 is 0 Å². The van der Waals surface area contributed by atoms with E-state index >= 15 is 0 Å². The van der Waals surface area contributed by atoms with Gasteiger partial charge in [-0.25, -0.2) is 15.0 Å². The van der Waals surface area contributed by atoms with E-state index in [2.05, 4.69) is 69.2 Å². The quantitative estimate of drug-likeness (QED) is 0.317. The van der Waals surface area contributed by atoms with Crippen LogP contribution in [0.25, 0.3) is 33.1 Å². The number of benzene rings is 3. The molecule has 4 nitrogen and oxygen atoms in total. The van der Waals surface area contributed by atoms with Crippen LogP contribution in [0.15, 0.2) is 96.4 Å². The van der Waals surface area contributed by atoms with Crippen molar-refractivity contribution in [3.8, 4) is 33.1 Å². The van der Waals surface area contributed by atoms with E-state index < -0.39 is 0 Å². The van der Waals surface area contributed by atoms with E-state index in [0.29, 0.717) is 6.54 Å². The highest BCUT2D eigenvalue weighted by Gasteiger charge is 2.08. The number of aromatic nitrogens is 3. The van der Waals surface area contributed by atoms with Gasteiger partial charge in [0, 0.05) is 34.7 Å². The monoisotopic (exact) mass is 434 g/mol. The fourth-order valence-electron chi connectivity index (χ4n) is 3.57. The molecule has 2 aromatic heterocycles. The Labute approximate surface area is 191 Å². The minimum atomic E-state index is 0.676. The third-order valence-corrected chi connectivity index (χ3v) is 6.02. The number of hydrogen-bond acceptors (Lipinski definition) is 5. The van der Waals surface area contributed by atoms with E-state index in [-0.39, 0.29) is 0 Å². The van der Waals surface area contributed by atoms with E-state index in [1.165, 1.54) is 5.56 Å². The molecule has 0 aliphatic heterocycles. The lowest BCUT2D eigenvalue weighted by molar-refractivity contribution is 1.03. The normalized spacial score (nSPS) is 10.8. The number of thiazole rings is 1. The number of anilines is 1. The minimum absolute atomic E-state index is 0.676. The lowest BCUT2D eigenvalue weighted by Crippen LogP contribution is -2.04. The highest BCUT2D eigenvalue weighted by atomic mass is 32.1. The Bertz CT molecular complexity index is 1330. The Morgan fingerprint density at radius 1 is 0.688 bits per heavy atom. The summed E-state index contributed by atoms with van der Waals surface area (Å²) in [6, 6.07) is 31.0. The standard InChI is InChI=1S/C27H22N4S/c1-19-29-24(21-10-4-2-5-11-21)16-26(30-19)28-17-20-9-8-14-23(15-20)27-31-25(18-32-27)22-12-6-3-7-13-22/h2-16,18H,17H2,1H3,(H,28,29,30). The lowest BCUT2D eigenvalue weighted by Gasteiger charge is -2.10. The Hall–Kier alpha value is -3.83. The van der Waals surface area contributed by atoms with Crippen LogP contribution in [0.1, 0.15) is 11.4 Å². The predicted octanol–water partition coefficient (Wildman–Crippen LogP) is 6.85. The van der Waals surface area contributed by atoms with Gasteiger partial charge in [0.25, 0.3) is 0 Å². The highest BCUT2D eigenvalue weighted by molar-refractivity contribution is 7.13. The van der Waals surface area contributed by atoms with Crippen LogP contribution in [-0.2, 0) is 6.54 Å². The molecule has 0 amide bonds. The van der Waals surface area contributed by atoms with Gasteiger partial charge in [-0.2, -0.15) is 0 Å². The van der Waals surface area contributed by atoms with Crippen molar-refractivity contribution in [3.05, 3.63) is 108 Å². The van der Waals surface area contributed by atoms with Crippen molar-refractivity contribution < 1.29 is 0 Å². The second-order valence-corrected chi connectivity index (χ2v) is 8.37. The van der Waals surface area contributed by atoms with Crippen molar-refractivity contribution in [1.82, 2.24) is 15.0 Å². The van der Waals surface area contributed by atoms with Crippen molar-refractivity contribution in [1.29, 1.82) is 0 Å². The zero-order chi connectivity index (χ0) is 21.8. The molecule has 0 unspecified atom stereocenters. The first-order chi connectivity index (χ1) is 15.7. The fourth-order valence-corrected chi connectivity index (χ4v) is 4.40. The van der Waals surface area contributed by atoms with Crippen LogP contribution in [0.5, 0.6) is 0 Å². The zero-order valence-corrected chi connectivity index (χ0v) is 18.5. The van der Waals surface area contributed by atoms with Gasteiger partial charge in [0.15, 0.2) is 0 Å². The van der Waals surface area contributed by atoms with Crippen LogP contribution in [0.4, 0.5) is 5.82 Å². The van der Waals surface area contributed by atoms with Crippen LogP contribution in [0.3, 0.4) is 0 Å². The van der Waals surface area contributed by atoms with E-state index in [1.807, 2.05) is 49.4 Å². The zero-order valence-electron chi connectivity index (χ0n) is 17.7. The smallest absolute Gasteiger partial charge is 0.130 e. The van der Waals surface area contributed by atoms with Crippen LogP contribution in [0.2, 0.25) is 0 Å². The maximum absolute atomic E-state index is 4.84. The van der Waals surface area contributed by atoms with Crippen molar-refractivity contribution in [2.75, 3.05) is 5.32 Å². The molecule has 156 valence electrons. The minimum Gasteiger partial charge on any atom is -0.366 e. The largest absolute Gasteiger partial charge is 0.366 e. The molecular weight excluding hydrogens is 412 g/mol. The van der Waals surface area contributed by atoms with Crippen molar-refractivity contribution in [2.45, 2.75) is 13.5 Å². The summed E-state index contributed by atoms with van der Waals surface area (Å²) in [6.45, 7) is 2.60. The summed E-state index contributed by atoms with van der Waals surface area (Å²) in [5.41, 5.74) is 6.46. The Kier molecular flexibility index (Phi) is 5.73. The van der Waals surface area contributed by atoms with Crippen molar-refractivity contribution >= 4 is 17.2 Å². The van der Waals surface area contributed by atoms with Gasteiger partial charge in [-0.3, -0.25) is 0 Å². The molecule has 2 heterocycles.